The van der Waals surface area contributed by atoms with Crippen LogP contribution in [0.25, 0.3) is 10.8 Å². The topological polar surface area (TPSA) is 122 Å². The van der Waals surface area contributed by atoms with Crippen molar-refractivity contribution < 1.29 is 24.6 Å². The molecule has 0 radical (unpaired) electrons. The van der Waals surface area contributed by atoms with Gasteiger partial charge in [-0.1, -0.05) is 30.3 Å². The first-order valence-electron chi connectivity index (χ1n) is 11.8. The molecule has 1 atom stereocenters. The number of phenolic OH excluding ortho intramolecular Hbond substituents is 1. The number of Topliss-reactive ketones (excluding diaryl/α,β-unsaturated/α-hetero) is 1. The lowest BCUT2D eigenvalue weighted by molar-refractivity contribution is 0.0826. The van der Waals surface area contributed by atoms with Crippen LogP contribution in [-0.4, -0.2) is 44.3 Å². The van der Waals surface area contributed by atoms with Gasteiger partial charge in [0.25, 0.3) is 5.91 Å². The highest BCUT2D eigenvalue weighted by Gasteiger charge is 2.39. The Bertz CT molecular complexity index is 1620. The maximum Gasteiger partial charge on any atom is 0.251 e. The van der Waals surface area contributed by atoms with Crippen molar-refractivity contribution in [1.29, 1.82) is 0 Å². The van der Waals surface area contributed by atoms with Crippen molar-refractivity contribution >= 4 is 28.2 Å². The van der Waals surface area contributed by atoms with Crippen LogP contribution in [-0.2, 0) is 12.1 Å². The van der Waals surface area contributed by atoms with Crippen molar-refractivity contribution in [2.75, 3.05) is 7.05 Å². The van der Waals surface area contributed by atoms with Crippen LogP contribution in [0.3, 0.4) is 0 Å². The van der Waals surface area contributed by atoms with Crippen LogP contribution < -0.4 is 5.32 Å². The number of aromatic hydroxyl groups is 1. The lowest BCUT2D eigenvalue weighted by Gasteiger charge is -2.23. The van der Waals surface area contributed by atoms with Crippen molar-refractivity contribution in [3.63, 3.8) is 0 Å². The molecule has 2 aliphatic rings. The van der Waals surface area contributed by atoms with Gasteiger partial charge in [0.05, 0.1) is 23.8 Å². The van der Waals surface area contributed by atoms with Crippen molar-refractivity contribution in [2.24, 2.45) is 0 Å². The predicted octanol–water partition coefficient (Wildman–Crippen LogP) is 3.75. The zero-order valence-corrected chi connectivity index (χ0v) is 20.4. The number of imidazole rings is 1. The molecule has 2 heterocycles. The number of fused-ring (bicyclic) bond motifs is 3. The number of nitrogens with zero attached hydrogens (tertiary/aromatic N) is 2. The smallest absolute Gasteiger partial charge is 0.251 e. The Labute approximate surface area is 212 Å². The van der Waals surface area contributed by atoms with E-state index >= 15 is 0 Å². The molecule has 0 saturated heterocycles. The molecule has 1 aliphatic heterocycles. The van der Waals surface area contributed by atoms with E-state index in [0.29, 0.717) is 17.6 Å². The third kappa shape index (κ3) is 4.11. The molecule has 0 fully saturated rings. The zero-order valence-electron chi connectivity index (χ0n) is 20.4. The number of phenols is 1. The average molecular weight is 496 g/mol. The van der Waals surface area contributed by atoms with E-state index in [9.17, 15) is 24.6 Å². The van der Waals surface area contributed by atoms with Crippen LogP contribution >= 0.6 is 0 Å². The fourth-order valence-electron chi connectivity index (χ4n) is 4.87. The summed E-state index contributed by atoms with van der Waals surface area (Å²) in [6, 6.07) is 16.0. The quantitative estimate of drug-likeness (QED) is 0.389. The van der Waals surface area contributed by atoms with E-state index < -0.39 is 5.60 Å². The molecule has 0 spiro atoms. The van der Waals surface area contributed by atoms with E-state index in [0.717, 1.165) is 28.6 Å². The summed E-state index contributed by atoms with van der Waals surface area (Å²) in [6.45, 7) is 2.35. The molecule has 6 rings (SSSR count). The number of benzene rings is 3. The summed E-state index contributed by atoms with van der Waals surface area (Å²) in [6.07, 6.45) is 5.38. The second-order valence-electron chi connectivity index (χ2n) is 9.16. The number of allylic oxidation sites excluding steroid dienone is 2. The van der Waals surface area contributed by atoms with Crippen LogP contribution in [0.4, 0.5) is 0 Å². The summed E-state index contributed by atoms with van der Waals surface area (Å²) in [5, 5.41) is 25.2. The second kappa shape index (κ2) is 9.15. The molecule has 0 unspecified atom stereocenters. The number of hydrogen-bond donors (Lipinski definition) is 3. The molecule has 8 nitrogen and oxygen atoms in total. The predicted molar refractivity (Wildman–Crippen MR) is 138 cm³/mol. The standard InChI is InChI=1S/C18H17N3O2.C11H8O3/c1-19-17(22)14-3-2-13-9-15(5-4-12(13)8-14)18(23)6-7-21-11-20-10-16(18)21;1-6-5-9(13)10-7(11(6)14)3-2-4-8(10)12/h2-5,8-11,23H,6-7H2,1H3,(H,19,22);2-5,12H,1H3/t18-;/m0./s1. The number of nitrogens with one attached hydrogen (secondary N) is 1. The highest BCUT2D eigenvalue weighted by atomic mass is 16.3. The summed E-state index contributed by atoms with van der Waals surface area (Å²) in [5.41, 5.74) is 2.14. The number of aromatic nitrogens is 2. The fourth-order valence-corrected chi connectivity index (χ4v) is 4.87. The van der Waals surface area contributed by atoms with Crippen LogP contribution in [0.5, 0.6) is 5.75 Å². The molecule has 4 aromatic rings. The molecular weight excluding hydrogens is 470 g/mol. The summed E-state index contributed by atoms with van der Waals surface area (Å²) in [4.78, 5) is 38.9. The minimum Gasteiger partial charge on any atom is -0.507 e. The Kier molecular flexibility index (Phi) is 5.97. The van der Waals surface area contributed by atoms with Gasteiger partial charge in [-0.25, -0.2) is 4.98 Å². The maximum absolute atomic E-state index is 11.7. The van der Waals surface area contributed by atoms with Gasteiger partial charge in [0, 0.05) is 36.7 Å². The number of ketones is 2. The first kappa shape index (κ1) is 24.1. The number of rotatable bonds is 2. The van der Waals surface area contributed by atoms with Crippen molar-refractivity contribution in [1.82, 2.24) is 14.9 Å². The SMILES string of the molecule is CC1=CC(=O)c2c(O)cccc2C1=O.CNC(=O)c1ccc2cc([C@@]3(O)CCn4cncc43)ccc2c1. The van der Waals surface area contributed by atoms with Gasteiger partial charge in [0.2, 0.25) is 0 Å². The van der Waals surface area contributed by atoms with Gasteiger partial charge in [-0.15, -0.1) is 0 Å². The Balaban J connectivity index is 0.000000171. The van der Waals surface area contributed by atoms with Crippen LogP contribution in [0.2, 0.25) is 0 Å². The molecule has 0 saturated carbocycles. The van der Waals surface area contributed by atoms with Crippen molar-refractivity contribution in [3.05, 3.63) is 107 Å². The molecule has 1 aromatic heterocycles. The second-order valence-corrected chi connectivity index (χ2v) is 9.16. The van der Waals surface area contributed by atoms with E-state index in [1.54, 1.807) is 44.7 Å². The van der Waals surface area contributed by atoms with Crippen LogP contribution in [0.1, 0.15) is 55.7 Å². The molecule has 1 amide bonds. The summed E-state index contributed by atoms with van der Waals surface area (Å²) < 4.78 is 1.99. The maximum atomic E-state index is 11.7. The van der Waals surface area contributed by atoms with Crippen molar-refractivity contribution in [2.45, 2.75) is 25.5 Å². The summed E-state index contributed by atoms with van der Waals surface area (Å²) in [7, 11) is 1.62. The van der Waals surface area contributed by atoms with Gasteiger partial charge in [-0.2, -0.15) is 0 Å². The monoisotopic (exact) mass is 495 g/mol. The van der Waals surface area contributed by atoms with Gasteiger partial charge in [0.1, 0.15) is 11.4 Å². The molecule has 0 bridgehead atoms. The van der Waals surface area contributed by atoms with Crippen molar-refractivity contribution in [3.8, 4) is 5.75 Å². The first-order chi connectivity index (χ1) is 17.7. The fraction of sp³-hybridized carbons (Fsp3) is 0.172. The normalized spacial score (nSPS) is 18.0. The average Bonchev–Trinajstić information content (AvgIpc) is 3.51. The Morgan fingerprint density at radius 1 is 1.08 bits per heavy atom. The number of carbonyl (C=O) groups is 3. The molecule has 186 valence electrons. The number of carbonyl (C=O) groups excluding carboxylic acids is 3. The molecule has 3 aromatic carbocycles. The lowest BCUT2D eigenvalue weighted by atomic mass is 9.88. The van der Waals surface area contributed by atoms with Crippen LogP contribution in [0.15, 0.2) is 78.8 Å². The minimum absolute atomic E-state index is 0.103. The Morgan fingerprint density at radius 3 is 2.62 bits per heavy atom. The van der Waals surface area contributed by atoms with Gasteiger partial charge >= 0.3 is 0 Å². The van der Waals surface area contributed by atoms with Crippen LogP contribution in [0, 0.1) is 0 Å². The summed E-state index contributed by atoms with van der Waals surface area (Å²) in [5.74, 6) is -0.746. The largest absolute Gasteiger partial charge is 0.507 e. The minimum atomic E-state index is -0.996. The molecule has 8 heteroatoms. The highest BCUT2D eigenvalue weighted by molar-refractivity contribution is 6.25. The third-order valence-corrected chi connectivity index (χ3v) is 6.90. The van der Waals surface area contributed by atoms with E-state index in [1.165, 1.54) is 12.1 Å². The summed E-state index contributed by atoms with van der Waals surface area (Å²) >= 11 is 0. The lowest BCUT2D eigenvalue weighted by Crippen LogP contribution is -2.23. The molecule has 1 aliphatic carbocycles. The van der Waals surface area contributed by atoms with Gasteiger partial charge in [-0.3, -0.25) is 14.4 Å². The Hall–Kier alpha value is -4.56. The zero-order chi connectivity index (χ0) is 26.3. The third-order valence-electron chi connectivity index (χ3n) is 6.90. The molecular formula is C29H25N3O5. The molecule has 37 heavy (non-hydrogen) atoms. The number of hydrogen-bond acceptors (Lipinski definition) is 6. The highest BCUT2D eigenvalue weighted by Crippen LogP contribution is 2.39. The van der Waals surface area contributed by atoms with Gasteiger partial charge in [-0.05, 0) is 53.6 Å². The van der Waals surface area contributed by atoms with Gasteiger partial charge in [0.15, 0.2) is 11.6 Å². The van der Waals surface area contributed by atoms with E-state index in [-0.39, 0.29) is 34.4 Å². The van der Waals surface area contributed by atoms with E-state index in [1.807, 2.05) is 34.9 Å². The van der Waals surface area contributed by atoms with E-state index in [2.05, 4.69) is 10.3 Å². The Morgan fingerprint density at radius 2 is 1.84 bits per heavy atom. The number of aryl methyl sites for hydroxylation is 1. The number of amides is 1. The molecule has 3 N–H and O–H groups in total. The van der Waals surface area contributed by atoms with E-state index in [4.69, 9.17) is 0 Å². The number of aliphatic hydroxyl groups is 1. The van der Waals surface area contributed by atoms with Gasteiger partial charge < -0.3 is 20.1 Å². The first-order valence-corrected chi connectivity index (χ1v) is 11.8.